The highest BCUT2D eigenvalue weighted by Gasteiger charge is 2.34. The van der Waals surface area contributed by atoms with E-state index in [-0.39, 0.29) is 36.0 Å². The van der Waals surface area contributed by atoms with Crippen LogP contribution in [0.4, 0.5) is 0 Å². The number of sulfone groups is 1. The Morgan fingerprint density at radius 1 is 1.38 bits per heavy atom. The molecule has 1 atom stereocenters. The number of rotatable bonds is 8. The molecule has 0 aromatic heterocycles. The fourth-order valence-corrected chi connectivity index (χ4v) is 4.64. The van der Waals surface area contributed by atoms with Crippen LogP contribution >= 0.6 is 0 Å². The third-order valence-corrected chi connectivity index (χ3v) is 5.87. The van der Waals surface area contributed by atoms with Crippen molar-refractivity contribution in [1.82, 2.24) is 4.90 Å². The number of methoxy groups -OCH3 is 1. The molecule has 144 valence electrons. The Bertz CT molecular complexity index is 746. The number of benzene rings is 1. The molecule has 1 aromatic rings. The summed E-state index contributed by atoms with van der Waals surface area (Å²) in [6.07, 6.45) is 1.96. The lowest BCUT2D eigenvalue weighted by Gasteiger charge is -2.29. The van der Waals surface area contributed by atoms with E-state index in [1.165, 1.54) is 6.21 Å². The Balaban J connectivity index is 1.95. The molecule has 1 heterocycles. The molecule has 0 saturated carbocycles. The summed E-state index contributed by atoms with van der Waals surface area (Å²) in [5.74, 6) is 0.795. The third-order valence-electron chi connectivity index (χ3n) is 4.12. The maximum Gasteiger partial charge on any atom is 0.263 e. The van der Waals surface area contributed by atoms with Crippen molar-refractivity contribution in [3.8, 4) is 5.75 Å². The first kappa shape index (κ1) is 20.2. The van der Waals surface area contributed by atoms with Gasteiger partial charge in [-0.15, -0.1) is 0 Å². The lowest BCUT2D eigenvalue weighted by molar-refractivity contribution is -0.138. The first-order valence-corrected chi connectivity index (χ1v) is 10.4. The highest BCUT2D eigenvalue weighted by Crippen LogP contribution is 2.19. The van der Waals surface area contributed by atoms with Gasteiger partial charge in [0.2, 0.25) is 0 Å². The maximum absolute atomic E-state index is 12.5. The maximum atomic E-state index is 12.5. The van der Waals surface area contributed by atoms with E-state index in [9.17, 15) is 13.2 Å². The van der Waals surface area contributed by atoms with Crippen LogP contribution in [0, 0.1) is 5.92 Å². The van der Waals surface area contributed by atoms with Gasteiger partial charge in [-0.1, -0.05) is 31.1 Å². The van der Waals surface area contributed by atoms with E-state index in [0.717, 1.165) is 5.56 Å². The van der Waals surface area contributed by atoms with Gasteiger partial charge in [-0.25, -0.2) is 8.42 Å². The minimum atomic E-state index is -3.06. The molecular formula is C18H26N2O5S. The number of nitrogens with zero attached hydrogens (tertiary/aromatic N) is 2. The van der Waals surface area contributed by atoms with Gasteiger partial charge in [0.1, 0.15) is 5.75 Å². The van der Waals surface area contributed by atoms with Crippen molar-refractivity contribution in [3.63, 3.8) is 0 Å². The van der Waals surface area contributed by atoms with Crippen LogP contribution in [-0.4, -0.2) is 63.2 Å². The molecule has 1 saturated heterocycles. The first-order valence-electron chi connectivity index (χ1n) is 8.60. The average molecular weight is 382 g/mol. The summed E-state index contributed by atoms with van der Waals surface area (Å²) in [4.78, 5) is 19.3. The molecule has 1 aromatic carbocycles. The van der Waals surface area contributed by atoms with Crippen LogP contribution in [0.1, 0.15) is 25.8 Å². The van der Waals surface area contributed by atoms with Crippen molar-refractivity contribution < 1.29 is 22.8 Å². The molecule has 0 bridgehead atoms. The fourth-order valence-electron chi connectivity index (χ4n) is 2.91. The second-order valence-corrected chi connectivity index (χ2v) is 8.98. The van der Waals surface area contributed by atoms with E-state index in [4.69, 9.17) is 9.57 Å². The molecule has 0 unspecified atom stereocenters. The van der Waals surface area contributed by atoms with E-state index >= 15 is 0 Å². The van der Waals surface area contributed by atoms with Crippen molar-refractivity contribution in [2.45, 2.75) is 26.3 Å². The van der Waals surface area contributed by atoms with Crippen molar-refractivity contribution in [2.24, 2.45) is 11.1 Å². The smallest absolute Gasteiger partial charge is 0.263 e. The first-order chi connectivity index (χ1) is 12.3. The normalized spacial score (nSPS) is 19.0. The summed E-state index contributed by atoms with van der Waals surface area (Å²) >= 11 is 0. The van der Waals surface area contributed by atoms with Gasteiger partial charge in [0, 0.05) is 18.2 Å². The molecule has 2 rings (SSSR count). The number of oxime groups is 1. The van der Waals surface area contributed by atoms with Gasteiger partial charge in [-0.3, -0.25) is 4.79 Å². The summed E-state index contributed by atoms with van der Waals surface area (Å²) in [6.45, 7) is 4.25. The number of hydrogen-bond donors (Lipinski definition) is 0. The van der Waals surface area contributed by atoms with E-state index in [0.29, 0.717) is 18.7 Å². The Kier molecular flexibility index (Phi) is 7.02. The summed E-state index contributed by atoms with van der Waals surface area (Å²) in [6, 6.07) is 7.04. The summed E-state index contributed by atoms with van der Waals surface area (Å²) in [7, 11) is -1.49. The van der Waals surface area contributed by atoms with Gasteiger partial charge in [0.05, 0.1) is 24.8 Å². The molecule has 0 N–H and O–H groups in total. The Morgan fingerprint density at radius 2 is 2.12 bits per heavy atom. The van der Waals surface area contributed by atoms with Crippen LogP contribution in [0.3, 0.4) is 0 Å². The Hall–Kier alpha value is -2.09. The van der Waals surface area contributed by atoms with Crippen molar-refractivity contribution >= 4 is 22.0 Å². The second kappa shape index (κ2) is 9.02. The van der Waals surface area contributed by atoms with Crippen LogP contribution in [0.2, 0.25) is 0 Å². The lowest BCUT2D eigenvalue weighted by Crippen LogP contribution is -2.44. The summed E-state index contributed by atoms with van der Waals surface area (Å²) < 4.78 is 28.7. The molecule has 1 aliphatic heterocycles. The predicted octanol–water partition coefficient (Wildman–Crippen LogP) is 1.72. The van der Waals surface area contributed by atoms with Gasteiger partial charge < -0.3 is 14.5 Å². The number of amides is 1. The molecule has 1 fully saturated rings. The third kappa shape index (κ3) is 5.72. The fraction of sp³-hybridized carbons (Fsp3) is 0.556. The topological polar surface area (TPSA) is 85.3 Å². The molecule has 1 aliphatic rings. The zero-order chi connectivity index (χ0) is 19.2. The Labute approximate surface area is 154 Å². The molecule has 26 heavy (non-hydrogen) atoms. The van der Waals surface area contributed by atoms with Gasteiger partial charge in [-0.05, 0) is 24.5 Å². The zero-order valence-corrected chi connectivity index (χ0v) is 16.2. The molecule has 1 amide bonds. The van der Waals surface area contributed by atoms with Gasteiger partial charge in [-0.2, -0.15) is 0 Å². The number of carbonyl (C=O) groups excluding carboxylic acids is 1. The molecule has 0 radical (unpaired) electrons. The number of hydrogen-bond acceptors (Lipinski definition) is 6. The van der Waals surface area contributed by atoms with Crippen molar-refractivity contribution in [1.29, 1.82) is 0 Å². The quantitative estimate of drug-likeness (QED) is 0.505. The highest BCUT2D eigenvalue weighted by molar-refractivity contribution is 7.91. The van der Waals surface area contributed by atoms with Crippen LogP contribution in [0.15, 0.2) is 29.4 Å². The van der Waals surface area contributed by atoms with Crippen molar-refractivity contribution in [2.75, 3.05) is 31.8 Å². The predicted molar refractivity (Wildman–Crippen MR) is 100 cm³/mol. The monoisotopic (exact) mass is 382 g/mol. The van der Waals surface area contributed by atoms with Gasteiger partial charge in [0.25, 0.3) is 5.91 Å². The standard InChI is InChI=1S/C18H26N2O5S/c1-14(2)11-20(16-8-9-26(22,23)13-16)18(21)12-25-19-10-15-6-4-5-7-17(15)24-3/h4-7,10,14,16H,8-9,11-13H2,1-3H3/b19-10-/t16-/m1/s1. The molecule has 0 aliphatic carbocycles. The SMILES string of the molecule is COc1ccccc1/C=N\OCC(=O)N(CC(C)C)[C@@H]1CCS(=O)(=O)C1. The van der Waals surface area contributed by atoms with E-state index < -0.39 is 9.84 Å². The average Bonchev–Trinajstić information content (AvgIpc) is 2.96. The molecule has 0 spiro atoms. The van der Waals surface area contributed by atoms with Gasteiger partial charge in [0.15, 0.2) is 16.4 Å². The molecular weight excluding hydrogens is 356 g/mol. The molecule has 7 nitrogen and oxygen atoms in total. The highest BCUT2D eigenvalue weighted by atomic mass is 32.2. The van der Waals surface area contributed by atoms with Gasteiger partial charge >= 0.3 is 0 Å². The minimum absolute atomic E-state index is 0.0238. The number of ether oxygens (including phenoxy) is 1. The summed E-state index contributed by atoms with van der Waals surface area (Å²) in [5, 5.41) is 3.84. The second-order valence-electron chi connectivity index (χ2n) is 6.75. The zero-order valence-electron chi connectivity index (χ0n) is 15.4. The largest absolute Gasteiger partial charge is 0.496 e. The van der Waals surface area contributed by atoms with Crippen LogP contribution < -0.4 is 4.74 Å². The van der Waals surface area contributed by atoms with E-state index in [2.05, 4.69) is 5.16 Å². The van der Waals surface area contributed by atoms with Crippen LogP contribution in [0.25, 0.3) is 0 Å². The van der Waals surface area contributed by atoms with Crippen molar-refractivity contribution in [3.05, 3.63) is 29.8 Å². The minimum Gasteiger partial charge on any atom is -0.496 e. The number of para-hydroxylation sites is 1. The number of carbonyl (C=O) groups is 1. The summed E-state index contributed by atoms with van der Waals surface area (Å²) in [5.41, 5.74) is 0.739. The van der Waals surface area contributed by atoms with E-state index in [1.807, 2.05) is 32.0 Å². The van der Waals surface area contributed by atoms with Crippen LogP contribution in [-0.2, 0) is 19.5 Å². The molecule has 8 heteroatoms. The van der Waals surface area contributed by atoms with E-state index in [1.54, 1.807) is 18.1 Å². The Morgan fingerprint density at radius 3 is 2.73 bits per heavy atom. The van der Waals surface area contributed by atoms with Crippen LogP contribution in [0.5, 0.6) is 5.75 Å². The lowest BCUT2D eigenvalue weighted by atomic mass is 10.1.